The minimum atomic E-state index is -0.943. The summed E-state index contributed by atoms with van der Waals surface area (Å²) < 4.78 is 24.5. The van der Waals surface area contributed by atoms with Crippen molar-refractivity contribution in [1.82, 2.24) is 10.7 Å². The van der Waals surface area contributed by atoms with E-state index in [9.17, 15) is 14.0 Å². The fraction of sp³-hybridized carbons (Fsp3) is 0.156. The van der Waals surface area contributed by atoms with Gasteiger partial charge in [0.25, 0.3) is 11.8 Å². The molecule has 0 aliphatic heterocycles. The van der Waals surface area contributed by atoms with Crippen molar-refractivity contribution in [3.63, 3.8) is 0 Å². The highest BCUT2D eigenvalue weighted by Crippen LogP contribution is 2.28. The largest absolute Gasteiger partial charge is 0.489 e. The SMILES string of the molecule is C[C@@H](Oc1ccc(Cl)cc1Cl)C(=O)N[C@@H](Cc1ccccc1)C(=O)N/N=C\c1ccc(OCc2ccc(F)cc2)cc1. The highest BCUT2D eigenvalue weighted by Gasteiger charge is 2.25. The fourth-order valence-electron chi connectivity index (χ4n) is 3.81. The number of nitrogens with one attached hydrogen (secondary N) is 2. The van der Waals surface area contributed by atoms with Crippen molar-refractivity contribution in [3.05, 3.63) is 130 Å². The van der Waals surface area contributed by atoms with Crippen LogP contribution in [0.15, 0.2) is 102 Å². The van der Waals surface area contributed by atoms with Crippen LogP contribution >= 0.6 is 23.2 Å². The molecule has 0 aliphatic rings. The Bertz CT molecular complexity index is 1520. The van der Waals surface area contributed by atoms with Gasteiger partial charge >= 0.3 is 0 Å². The summed E-state index contributed by atoms with van der Waals surface area (Å²) in [4.78, 5) is 26.0. The molecule has 0 unspecified atom stereocenters. The third-order valence-electron chi connectivity index (χ3n) is 6.07. The lowest BCUT2D eigenvalue weighted by Gasteiger charge is -2.21. The second kappa shape index (κ2) is 15.0. The van der Waals surface area contributed by atoms with Gasteiger partial charge < -0.3 is 14.8 Å². The minimum Gasteiger partial charge on any atom is -0.489 e. The Hall–Kier alpha value is -4.40. The molecular weight excluding hydrogens is 580 g/mol. The van der Waals surface area contributed by atoms with Crippen molar-refractivity contribution in [2.75, 3.05) is 0 Å². The summed E-state index contributed by atoms with van der Waals surface area (Å²) in [6.45, 7) is 1.86. The lowest BCUT2D eigenvalue weighted by atomic mass is 10.1. The Morgan fingerprint density at radius 3 is 2.31 bits per heavy atom. The van der Waals surface area contributed by atoms with Crippen LogP contribution in [0, 0.1) is 5.82 Å². The van der Waals surface area contributed by atoms with Crippen LogP contribution in [-0.4, -0.2) is 30.2 Å². The van der Waals surface area contributed by atoms with Gasteiger partial charge in [-0.05, 0) is 78.2 Å². The molecule has 0 radical (unpaired) electrons. The number of amides is 2. The number of halogens is 3. The lowest BCUT2D eigenvalue weighted by molar-refractivity contribution is -0.132. The second-order valence-corrected chi connectivity index (χ2v) is 10.1. The first-order valence-corrected chi connectivity index (χ1v) is 13.8. The minimum absolute atomic E-state index is 0.239. The van der Waals surface area contributed by atoms with Crippen molar-refractivity contribution in [3.8, 4) is 11.5 Å². The molecule has 0 saturated heterocycles. The molecule has 2 N–H and O–H groups in total. The van der Waals surface area contributed by atoms with E-state index in [4.69, 9.17) is 32.7 Å². The molecule has 4 aromatic carbocycles. The molecule has 10 heteroatoms. The maximum Gasteiger partial charge on any atom is 0.262 e. The Morgan fingerprint density at radius 2 is 1.62 bits per heavy atom. The summed E-state index contributed by atoms with van der Waals surface area (Å²) in [6.07, 6.45) is 0.779. The van der Waals surface area contributed by atoms with Gasteiger partial charge in [0, 0.05) is 11.4 Å². The number of carbonyl (C=O) groups is 2. The smallest absolute Gasteiger partial charge is 0.262 e. The Labute approximate surface area is 253 Å². The van der Waals surface area contributed by atoms with E-state index in [-0.39, 0.29) is 17.3 Å². The van der Waals surface area contributed by atoms with Gasteiger partial charge in [-0.3, -0.25) is 9.59 Å². The molecule has 0 heterocycles. The summed E-state index contributed by atoms with van der Waals surface area (Å²) in [6, 6.07) is 26.2. The Kier molecular flexibility index (Phi) is 10.9. The topological polar surface area (TPSA) is 89.0 Å². The molecule has 4 aromatic rings. The van der Waals surface area contributed by atoms with Crippen molar-refractivity contribution < 1.29 is 23.5 Å². The first kappa shape index (κ1) is 30.6. The van der Waals surface area contributed by atoms with E-state index in [0.29, 0.717) is 23.1 Å². The highest BCUT2D eigenvalue weighted by atomic mass is 35.5. The number of ether oxygens (including phenoxy) is 2. The van der Waals surface area contributed by atoms with E-state index < -0.39 is 24.0 Å². The summed E-state index contributed by atoms with van der Waals surface area (Å²) in [7, 11) is 0. The lowest BCUT2D eigenvalue weighted by Crippen LogP contribution is -2.50. The zero-order valence-corrected chi connectivity index (χ0v) is 24.1. The van der Waals surface area contributed by atoms with Crippen molar-refractivity contribution in [1.29, 1.82) is 0 Å². The maximum absolute atomic E-state index is 13.1. The molecule has 0 aliphatic carbocycles. The normalized spacial score (nSPS) is 12.4. The fourth-order valence-corrected chi connectivity index (χ4v) is 4.26. The van der Waals surface area contributed by atoms with E-state index in [1.807, 2.05) is 30.3 Å². The number of benzene rings is 4. The van der Waals surface area contributed by atoms with E-state index >= 15 is 0 Å². The van der Waals surface area contributed by atoms with Gasteiger partial charge in [-0.15, -0.1) is 0 Å². The first-order valence-electron chi connectivity index (χ1n) is 13.0. The zero-order valence-electron chi connectivity index (χ0n) is 22.6. The molecule has 0 spiro atoms. The van der Waals surface area contributed by atoms with Crippen molar-refractivity contribution in [2.45, 2.75) is 32.1 Å². The van der Waals surface area contributed by atoms with Gasteiger partial charge in [0.15, 0.2) is 6.10 Å². The number of nitrogens with zero attached hydrogens (tertiary/aromatic N) is 1. The molecule has 7 nitrogen and oxygen atoms in total. The number of rotatable bonds is 12. The van der Waals surface area contributed by atoms with Crippen molar-refractivity contribution >= 4 is 41.2 Å². The van der Waals surface area contributed by atoms with Crippen LogP contribution in [0.1, 0.15) is 23.6 Å². The second-order valence-electron chi connectivity index (χ2n) is 9.30. The van der Waals surface area contributed by atoms with Gasteiger partial charge in [0.2, 0.25) is 0 Å². The van der Waals surface area contributed by atoms with Gasteiger partial charge in [-0.1, -0.05) is 65.7 Å². The van der Waals surface area contributed by atoms with Crippen LogP contribution in [0.5, 0.6) is 11.5 Å². The molecule has 2 amide bonds. The molecule has 0 saturated carbocycles. The van der Waals surface area contributed by atoms with Crippen LogP contribution in [0.4, 0.5) is 4.39 Å². The van der Waals surface area contributed by atoms with E-state index in [2.05, 4.69) is 15.8 Å². The van der Waals surface area contributed by atoms with Crippen molar-refractivity contribution in [2.24, 2.45) is 5.10 Å². The van der Waals surface area contributed by atoms with Crippen LogP contribution in [-0.2, 0) is 22.6 Å². The monoisotopic (exact) mass is 607 g/mol. The quantitative estimate of drug-likeness (QED) is 0.145. The first-order chi connectivity index (χ1) is 20.3. The van der Waals surface area contributed by atoms with Gasteiger partial charge in [0.05, 0.1) is 11.2 Å². The maximum atomic E-state index is 13.1. The van der Waals surface area contributed by atoms with E-state index in [1.165, 1.54) is 24.4 Å². The average Bonchev–Trinajstić information content (AvgIpc) is 2.99. The summed E-state index contributed by atoms with van der Waals surface area (Å²) in [5.41, 5.74) is 4.92. The molecule has 0 aromatic heterocycles. The predicted molar refractivity (Wildman–Crippen MR) is 162 cm³/mol. The molecule has 216 valence electrons. The molecule has 0 fully saturated rings. The van der Waals surface area contributed by atoms with Crippen LogP contribution in [0.25, 0.3) is 0 Å². The van der Waals surface area contributed by atoms with Crippen LogP contribution < -0.4 is 20.2 Å². The third kappa shape index (κ3) is 9.33. The van der Waals surface area contributed by atoms with Gasteiger partial charge in [0.1, 0.15) is 30.0 Å². The zero-order chi connectivity index (χ0) is 29.9. The number of hydrogen-bond donors (Lipinski definition) is 2. The molecule has 2 atom stereocenters. The Balaban J connectivity index is 1.35. The predicted octanol–water partition coefficient (Wildman–Crippen LogP) is 6.36. The van der Waals surface area contributed by atoms with E-state index in [0.717, 1.165) is 16.7 Å². The summed E-state index contributed by atoms with van der Waals surface area (Å²) >= 11 is 12.1. The standard InChI is InChI=1S/C32H28Cl2FN3O4/c1-21(42-30-16-11-25(33)18-28(30)34)31(39)37-29(17-22-5-3-2-4-6-22)32(40)38-36-19-23-9-14-27(15-10-23)41-20-24-7-12-26(35)13-8-24/h2-16,18-19,21,29H,17,20H2,1H3,(H,37,39)(H,38,40)/b36-19-/t21-,29+/m1/s1. The molecule has 4 rings (SSSR count). The third-order valence-corrected chi connectivity index (χ3v) is 6.60. The number of carbonyl (C=O) groups excluding carboxylic acids is 2. The van der Waals surface area contributed by atoms with Gasteiger partial charge in [-0.2, -0.15) is 5.10 Å². The van der Waals surface area contributed by atoms with Gasteiger partial charge in [-0.25, -0.2) is 9.82 Å². The summed E-state index contributed by atoms with van der Waals surface area (Å²) in [5, 5.41) is 7.52. The average molecular weight is 608 g/mol. The van der Waals surface area contributed by atoms with E-state index in [1.54, 1.807) is 55.5 Å². The number of hydrazone groups is 1. The molecule has 0 bridgehead atoms. The summed E-state index contributed by atoms with van der Waals surface area (Å²) in [5.74, 6) is -0.380. The van der Waals surface area contributed by atoms with Crippen LogP contribution in [0.3, 0.4) is 0 Å². The molecular formula is C32H28Cl2FN3O4. The highest BCUT2D eigenvalue weighted by molar-refractivity contribution is 6.35. The molecule has 42 heavy (non-hydrogen) atoms. The van der Waals surface area contributed by atoms with Crippen LogP contribution in [0.2, 0.25) is 10.0 Å². The Morgan fingerprint density at radius 1 is 0.905 bits per heavy atom. The number of hydrogen-bond acceptors (Lipinski definition) is 5.